The Morgan fingerprint density at radius 3 is 2.43 bits per heavy atom. The van der Waals surface area contributed by atoms with Crippen molar-refractivity contribution in [2.75, 3.05) is 20.8 Å². The van der Waals surface area contributed by atoms with Gasteiger partial charge in [-0.25, -0.2) is 0 Å². The van der Waals surface area contributed by atoms with Gasteiger partial charge in [0.05, 0.1) is 20.3 Å². The van der Waals surface area contributed by atoms with Gasteiger partial charge >= 0.3 is 0 Å². The number of rotatable bonds is 7. The van der Waals surface area contributed by atoms with Crippen molar-refractivity contribution in [1.29, 1.82) is 0 Å². The van der Waals surface area contributed by atoms with Gasteiger partial charge in [-0.05, 0) is 37.3 Å². The Kier molecular flexibility index (Phi) is 5.86. The highest BCUT2D eigenvalue weighted by molar-refractivity contribution is 5.78. The standard InChI is InChI=1S/C18H21NO4/c1-13(16-11-15(21-2)9-10-17(16)22-3)19-18(20)12-23-14-7-5-4-6-8-14/h4-11,13H,12H2,1-3H3,(H,19,20)/t13-/m0/s1. The summed E-state index contributed by atoms with van der Waals surface area (Å²) in [6, 6.07) is 14.5. The first-order valence-electron chi connectivity index (χ1n) is 7.33. The predicted molar refractivity (Wildman–Crippen MR) is 88.0 cm³/mol. The lowest BCUT2D eigenvalue weighted by molar-refractivity contribution is -0.123. The lowest BCUT2D eigenvalue weighted by atomic mass is 10.1. The van der Waals surface area contributed by atoms with E-state index in [1.54, 1.807) is 14.2 Å². The number of para-hydroxylation sites is 1. The van der Waals surface area contributed by atoms with Gasteiger partial charge in [0, 0.05) is 5.56 Å². The number of hydrogen-bond acceptors (Lipinski definition) is 4. The monoisotopic (exact) mass is 315 g/mol. The molecular formula is C18H21NO4. The first-order valence-corrected chi connectivity index (χ1v) is 7.33. The van der Waals surface area contributed by atoms with Gasteiger partial charge in [-0.1, -0.05) is 18.2 Å². The summed E-state index contributed by atoms with van der Waals surface area (Å²) >= 11 is 0. The molecule has 0 saturated heterocycles. The fraction of sp³-hybridized carbons (Fsp3) is 0.278. The first-order chi connectivity index (χ1) is 11.1. The maximum Gasteiger partial charge on any atom is 0.258 e. The number of carbonyl (C=O) groups is 1. The highest BCUT2D eigenvalue weighted by atomic mass is 16.5. The Bertz CT molecular complexity index is 643. The fourth-order valence-corrected chi connectivity index (χ4v) is 2.20. The zero-order valence-corrected chi connectivity index (χ0v) is 13.5. The van der Waals surface area contributed by atoms with Crippen LogP contribution in [0, 0.1) is 0 Å². The number of hydrogen-bond donors (Lipinski definition) is 1. The molecule has 1 N–H and O–H groups in total. The molecule has 0 spiro atoms. The minimum Gasteiger partial charge on any atom is -0.497 e. The van der Waals surface area contributed by atoms with Crippen LogP contribution in [-0.2, 0) is 4.79 Å². The van der Waals surface area contributed by atoms with E-state index in [2.05, 4.69) is 5.32 Å². The predicted octanol–water partition coefficient (Wildman–Crippen LogP) is 2.96. The number of benzene rings is 2. The third-order valence-corrected chi connectivity index (χ3v) is 3.39. The van der Waals surface area contributed by atoms with Crippen molar-refractivity contribution in [1.82, 2.24) is 5.32 Å². The average molecular weight is 315 g/mol. The zero-order valence-electron chi connectivity index (χ0n) is 13.5. The minimum absolute atomic E-state index is 0.0410. The van der Waals surface area contributed by atoms with Crippen LogP contribution in [0.5, 0.6) is 17.2 Å². The van der Waals surface area contributed by atoms with Crippen LogP contribution in [0.25, 0.3) is 0 Å². The van der Waals surface area contributed by atoms with Gasteiger partial charge in [0.25, 0.3) is 5.91 Å². The van der Waals surface area contributed by atoms with Gasteiger partial charge < -0.3 is 19.5 Å². The highest BCUT2D eigenvalue weighted by Gasteiger charge is 2.15. The van der Waals surface area contributed by atoms with Crippen LogP contribution in [0.2, 0.25) is 0 Å². The van der Waals surface area contributed by atoms with Crippen LogP contribution in [-0.4, -0.2) is 26.7 Å². The molecule has 0 fully saturated rings. The molecule has 0 aliphatic carbocycles. The van der Waals surface area contributed by atoms with Gasteiger partial charge in [-0.15, -0.1) is 0 Å². The second-order valence-electron chi connectivity index (χ2n) is 5.00. The van der Waals surface area contributed by atoms with E-state index in [-0.39, 0.29) is 18.6 Å². The van der Waals surface area contributed by atoms with E-state index >= 15 is 0 Å². The van der Waals surface area contributed by atoms with E-state index in [1.807, 2.05) is 55.5 Å². The number of nitrogens with one attached hydrogen (secondary N) is 1. The van der Waals surface area contributed by atoms with E-state index in [4.69, 9.17) is 14.2 Å². The van der Waals surface area contributed by atoms with Crippen LogP contribution >= 0.6 is 0 Å². The van der Waals surface area contributed by atoms with Gasteiger partial charge in [0.15, 0.2) is 6.61 Å². The summed E-state index contributed by atoms with van der Waals surface area (Å²) in [6.07, 6.45) is 0. The van der Waals surface area contributed by atoms with Crippen molar-refractivity contribution >= 4 is 5.91 Å². The van der Waals surface area contributed by atoms with E-state index in [0.717, 1.165) is 5.56 Å². The summed E-state index contributed by atoms with van der Waals surface area (Å²) in [5.41, 5.74) is 0.847. The average Bonchev–Trinajstić information content (AvgIpc) is 2.60. The van der Waals surface area contributed by atoms with Crippen molar-refractivity contribution in [3.63, 3.8) is 0 Å². The number of methoxy groups -OCH3 is 2. The first kappa shape index (κ1) is 16.7. The van der Waals surface area contributed by atoms with Gasteiger partial charge in [0.1, 0.15) is 17.2 Å². The molecule has 2 rings (SSSR count). The second-order valence-corrected chi connectivity index (χ2v) is 5.00. The Labute approximate surface area is 136 Å². The molecule has 0 bridgehead atoms. The number of amides is 1. The van der Waals surface area contributed by atoms with E-state index in [1.165, 1.54) is 0 Å². The normalized spacial score (nSPS) is 11.4. The molecule has 1 atom stereocenters. The quantitative estimate of drug-likeness (QED) is 0.853. The van der Waals surface area contributed by atoms with Crippen molar-refractivity contribution in [2.45, 2.75) is 13.0 Å². The van der Waals surface area contributed by atoms with Crippen molar-refractivity contribution in [3.05, 3.63) is 54.1 Å². The number of carbonyl (C=O) groups excluding carboxylic acids is 1. The molecule has 122 valence electrons. The van der Waals surface area contributed by atoms with Crippen molar-refractivity contribution in [2.24, 2.45) is 0 Å². The molecule has 23 heavy (non-hydrogen) atoms. The van der Waals surface area contributed by atoms with Crippen LogP contribution in [0.15, 0.2) is 48.5 Å². The SMILES string of the molecule is COc1ccc(OC)c([C@H](C)NC(=O)COc2ccccc2)c1. The summed E-state index contributed by atoms with van der Waals surface area (Å²) in [7, 11) is 3.20. The number of ether oxygens (including phenoxy) is 3. The summed E-state index contributed by atoms with van der Waals surface area (Å²) in [6.45, 7) is 1.85. The third kappa shape index (κ3) is 4.64. The summed E-state index contributed by atoms with van der Waals surface area (Å²) in [5, 5.41) is 2.89. The van der Waals surface area contributed by atoms with Crippen LogP contribution in [0.4, 0.5) is 0 Å². The largest absolute Gasteiger partial charge is 0.497 e. The third-order valence-electron chi connectivity index (χ3n) is 3.39. The molecular weight excluding hydrogens is 294 g/mol. The molecule has 0 aliphatic heterocycles. The van der Waals surface area contributed by atoms with E-state index in [0.29, 0.717) is 17.2 Å². The summed E-state index contributed by atoms with van der Waals surface area (Å²) in [4.78, 5) is 12.0. The van der Waals surface area contributed by atoms with Crippen molar-refractivity contribution in [3.8, 4) is 17.2 Å². The molecule has 0 heterocycles. The topological polar surface area (TPSA) is 56.8 Å². The summed E-state index contributed by atoms with van der Waals surface area (Å²) in [5.74, 6) is 1.87. The van der Waals surface area contributed by atoms with Crippen molar-refractivity contribution < 1.29 is 19.0 Å². The minimum atomic E-state index is -0.230. The molecule has 0 aromatic heterocycles. The van der Waals surface area contributed by atoms with Crippen LogP contribution < -0.4 is 19.5 Å². The zero-order chi connectivity index (χ0) is 16.7. The lowest BCUT2D eigenvalue weighted by Crippen LogP contribution is -2.31. The Morgan fingerprint density at radius 1 is 1.04 bits per heavy atom. The van der Waals surface area contributed by atoms with Crippen LogP contribution in [0.3, 0.4) is 0 Å². The molecule has 0 unspecified atom stereocenters. The Balaban J connectivity index is 1.98. The molecule has 2 aromatic carbocycles. The lowest BCUT2D eigenvalue weighted by Gasteiger charge is -2.18. The smallest absolute Gasteiger partial charge is 0.258 e. The molecule has 0 saturated carbocycles. The Hall–Kier alpha value is -2.69. The van der Waals surface area contributed by atoms with Gasteiger partial charge in [-0.3, -0.25) is 4.79 Å². The van der Waals surface area contributed by atoms with Crippen LogP contribution in [0.1, 0.15) is 18.5 Å². The molecule has 5 heteroatoms. The maximum atomic E-state index is 12.0. The fourth-order valence-electron chi connectivity index (χ4n) is 2.20. The van der Waals surface area contributed by atoms with E-state index < -0.39 is 0 Å². The maximum absolute atomic E-state index is 12.0. The molecule has 0 radical (unpaired) electrons. The van der Waals surface area contributed by atoms with E-state index in [9.17, 15) is 4.79 Å². The molecule has 5 nitrogen and oxygen atoms in total. The second kappa shape index (κ2) is 8.08. The summed E-state index contributed by atoms with van der Waals surface area (Å²) < 4.78 is 16.0. The Morgan fingerprint density at radius 2 is 1.78 bits per heavy atom. The molecule has 1 amide bonds. The highest BCUT2D eigenvalue weighted by Crippen LogP contribution is 2.29. The van der Waals surface area contributed by atoms with Gasteiger partial charge in [-0.2, -0.15) is 0 Å². The molecule has 0 aliphatic rings. The van der Waals surface area contributed by atoms with Gasteiger partial charge in [0.2, 0.25) is 0 Å². The molecule has 2 aromatic rings.